The maximum atomic E-state index is 3.49. The van der Waals surface area contributed by atoms with Crippen molar-refractivity contribution < 1.29 is 0 Å². The number of benzene rings is 1. The van der Waals surface area contributed by atoms with E-state index in [2.05, 4.69) is 78.4 Å². The molecule has 2 aromatic rings. The van der Waals surface area contributed by atoms with Crippen LogP contribution in [-0.2, 0) is 19.6 Å². The Kier molecular flexibility index (Phi) is 5.24. The fraction of sp³-hybridized carbons (Fsp3) is 0.412. The van der Waals surface area contributed by atoms with E-state index in [-0.39, 0.29) is 0 Å². The van der Waals surface area contributed by atoms with Crippen molar-refractivity contribution in [3.63, 3.8) is 0 Å². The van der Waals surface area contributed by atoms with Gasteiger partial charge in [-0.3, -0.25) is 0 Å². The van der Waals surface area contributed by atoms with Crippen molar-refractivity contribution >= 4 is 5.69 Å². The molecule has 0 aliphatic heterocycles. The van der Waals surface area contributed by atoms with Crippen molar-refractivity contribution in [3.05, 3.63) is 53.9 Å². The normalized spacial score (nSPS) is 11.0. The topological polar surface area (TPSA) is 20.2 Å². The predicted octanol–water partition coefficient (Wildman–Crippen LogP) is 3.57. The minimum absolute atomic E-state index is 0.875. The zero-order chi connectivity index (χ0) is 14.4. The largest absolute Gasteiger partial charge is 0.379 e. The van der Waals surface area contributed by atoms with Crippen LogP contribution in [0.15, 0.2) is 42.6 Å². The van der Waals surface area contributed by atoms with Crippen LogP contribution in [0.1, 0.15) is 24.6 Å². The van der Waals surface area contributed by atoms with Crippen molar-refractivity contribution in [3.8, 4) is 0 Å². The SMILES string of the molecule is CCCn1cccc1CNc1ccc(CN(C)C)cc1. The van der Waals surface area contributed by atoms with Crippen molar-refractivity contribution in [1.82, 2.24) is 9.47 Å². The third kappa shape index (κ3) is 4.14. The van der Waals surface area contributed by atoms with Crippen molar-refractivity contribution in [2.24, 2.45) is 0 Å². The second-order valence-corrected chi connectivity index (χ2v) is 5.48. The summed E-state index contributed by atoms with van der Waals surface area (Å²) in [6.07, 6.45) is 3.32. The van der Waals surface area contributed by atoms with Crippen LogP contribution < -0.4 is 5.32 Å². The van der Waals surface area contributed by atoms with Crippen molar-refractivity contribution in [2.45, 2.75) is 33.0 Å². The maximum Gasteiger partial charge on any atom is 0.0553 e. The van der Waals surface area contributed by atoms with Crippen molar-refractivity contribution in [1.29, 1.82) is 0 Å². The minimum Gasteiger partial charge on any atom is -0.379 e. The highest BCUT2D eigenvalue weighted by Gasteiger charge is 2.00. The Morgan fingerprint density at radius 2 is 1.85 bits per heavy atom. The molecule has 0 aliphatic rings. The molecule has 0 aliphatic carbocycles. The molecular weight excluding hydrogens is 246 g/mol. The number of aryl methyl sites for hydroxylation is 1. The standard InChI is InChI=1S/C17H25N3/c1-4-11-20-12-5-6-17(20)13-18-16-9-7-15(8-10-16)14-19(2)3/h5-10,12,18H,4,11,13-14H2,1-3H3. The second-order valence-electron chi connectivity index (χ2n) is 5.48. The summed E-state index contributed by atoms with van der Waals surface area (Å²) < 4.78 is 2.31. The predicted molar refractivity (Wildman–Crippen MR) is 85.9 cm³/mol. The van der Waals surface area contributed by atoms with Gasteiger partial charge in [0.1, 0.15) is 0 Å². The van der Waals surface area contributed by atoms with Gasteiger partial charge in [0.05, 0.1) is 6.54 Å². The van der Waals surface area contributed by atoms with Gasteiger partial charge in [-0.1, -0.05) is 19.1 Å². The van der Waals surface area contributed by atoms with Gasteiger partial charge in [-0.25, -0.2) is 0 Å². The van der Waals surface area contributed by atoms with E-state index in [1.54, 1.807) is 0 Å². The molecule has 0 saturated heterocycles. The average Bonchev–Trinajstić information content (AvgIpc) is 2.85. The summed E-state index contributed by atoms with van der Waals surface area (Å²) >= 11 is 0. The molecule has 0 amide bonds. The van der Waals surface area contributed by atoms with E-state index in [1.165, 1.54) is 23.4 Å². The van der Waals surface area contributed by atoms with Crippen LogP contribution in [0, 0.1) is 0 Å². The molecule has 0 radical (unpaired) electrons. The van der Waals surface area contributed by atoms with Crippen LogP contribution in [-0.4, -0.2) is 23.6 Å². The molecule has 1 heterocycles. The van der Waals surface area contributed by atoms with Crippen LogP contribution in [0.2, 0.25) is 0 Å². The first-order valence-electron chi connectivity index (χ1n) is 7.30. The molecule has 3 heteroatoms. The Morgan fingerprint density at radius 1 is 1.10 bits per heavy atom. The molecule has 1 N–H and O–H groups in total. The first kappa shape index (κ1) is 14.7. The molecule has 1 aromatic carbocycles. The minimum atomic E-state index is 0.875. The summed E-state index contributed by atoms with van der Waals surface area (Å²) in [5, 5.41) is 3.49. The Hall–Kier alpha value is -1.74. The van der Waals surface area contributed by atoms with E-state index in [0.717, 1.165) is 19.6 Å². The number of nitrogens with zero attached hydrogens (tertiary/aromatic N) is 2. The van der Waals surface area contributed by atoms with Gasteiger partial charge in [0.15, 0.2) is 0 Å². The first-order valence-corrected chi connectivity index (χ1v) is 7.30. The Bertz CT molecular complexity index is 511. The molecule has 0 spiro atoms. The number of aromatic nitrogens is 1. The lowest BCUT2D eigenvalue weighted by Crippen LogP contribution is -2.10. The van der Waals surface area contributed by atoms with Gasteiger partial charge in [0.25, 0.3) is 0 Å². The smallest absolute Gasteiger partial charge is 0.0553 e. The molecule has 2 rings (SSSR count). The van der Waals surface area contributed by atoms with E-state index in [0.29, 0.717) is 0 Å². The third-order valence-electron chi connectivity index (χ3n) is 3.31. The Morgan fingerprint density at radius 3 is 2.50 bits per heavy atom. The highest BCUT2D eigenvalue weighted by molar-refractivity contribution is 5.44. The molecule has 1 aromatic heterocycles. The lowest BCUT2D eigenvalue weighted by atomic mass is 10.2. The average molecular weight is 271 g/mol. The number of hydrogen-bond acceptors (Lipinski definition) is 2. The maximum absolute atomic E-state index is 3.49. The van der Waals surface area contributed by atoms with Crippen LogP contribution in [0.3, 0.4) is 0 Å². The summed E-state index contributed by atoms with van der Waals surface area (Å²) in [6, 6.07) is 13.0. The third-order valence-corrected chi connectivity index (χ3v) is 3.31. The van der Waals surface area contributed by atoms with Crippen LogP contribution in [0.4, 0.5) is 5.69 Å². The molecule has 108 valence electrons. The number of hydrogen-bond donors (Lipinski definition) is 1. The lowest BCUT2D eigenvalue weighted by Gasteiger charge is -2.12. The second kappa shape index (κ2) is 7.15. The summed E-state index contributed by atoms with van der Waals surface area (Å²) in [6.45, 7) is 5.16. The molecule has 20 heavy (non-hydrogen) atoms. The number of nitrogens with one attached hydrogen (secondary N) is 1. The van der Waals surface area contributed by atoms with Gasteiger partial charge < -0.3 is 14.8 Å². The van der Waals surface area contributed by atoms with Gasteiger partial charge in [-0.05, 0) is 50.3 Å². The van der Waals surface area contributed by atoms with Crippen LogP contribution >= 0.6 is 0 Å². The van der Waals surface area contributed by atoms with Crippen molar-refractivity contribution in [2.75, 3.05) is 19.4 Å². The van der Waals surface area contributed by atoms with Crippen LogP contribution in [0.25, 0.3) is 0 Å². The lowest BCUT2D eigenvalue weighted by molar-refractivity contribution is 0.402. The van der Waals surface area contributed by atoms with Crippen LogP contribution in [0.5, 0.6) is 0 Å². The molecular formula is C17H25N3. The molecule has 0 atom stereocenters. The van der Waals surface area contributed by atoms with Gasteiger partial charge in [0, 0.05) is 30.7 Å². The number of rotatable bonds is 7. The van der Waals surface area contributed by atoms with Gasteiger partial charge in [0.2, 0.25) is 0 Å². The van der Waals surface area contributed by atoms with E-state index >= 15 is 0 Å². The summed E-state index contributed by atoms with van der Waals surface area (Å²) in [7, 11) is 4.18. The van der Waals surface area contributed by atoms with E-state index in [9.17, 15) is 0 Å². The Balaban J connectivity index is 1.92. The van der Waals surface area contributed by atoms with E-state index in [4.69, 9.17) is 0 Å². The highest BCUT2D eigenvalue weighted by atomic mass is 15.0. The van der Waals surface area contributed by atoms with E-state index < -0.39 is 0 Å². The fourth-order valence-corrected chi connectivity index (χ4v) is 2.35. The highest BCUT2D eigenvalue weighted by Crippen LogP contribution is 2.13. The Labute approximate surface area is 122 Å². The number of anilines is 1. The van der Waals surface area contributed by atoms with Gasteiger partial charge in [-0.2, -0.15) is 0 Å². The molecule has 0 bridgehead atoms. The zero-order valence-corrected chi connectivity index (χ0v) is 12.8. The first-order chi connectivity index (χ1) is 9.69. The van der Waals surface area contributed by atoms with Gasteiger partial charge >= 0.3 is 0 Å². The zero-order valence-electron chi connectivity index (χ0n) is 12.8. The fourth-order valence-electron chi connectivity index (χ4n) is 2.35. The monoisotopic (exact) mass is 271 g/mol. The van der Waals surface area contributed by atoms with E-state index in [1.807, 2.05) is 0 Å². The summed E-state index contributed by atoms with van der Waals surface area (Å²) in [4.78, 5) is 2.18. The summed E-state index contributed by atoms with van der Waals surface area (Å²) in [5.74, 6) is 0. The molecule has 0 saturated carbocycles. The van der Waals surface area contributed by atoms with Gasteiger partial charge in [-0.15, -0.1) is 0 Å². The molecule has 0 fully saturated rings. The summed E-state index contributed by atoms with van der Waals surface area (Å²) in [5.41, 5.74) is 3.86. The quantitative estimate of drug-likeness (QED) is 0.830. The molecule has 0 unspecified atom stereocenters. The molecule has 3 nitrogen and oxygen atoms in total.